The van der Waals surface area contributed by atoms with Crippen LogP contribution in [0, 0.1) is 21.7 Å². The molecule has 0 aromatic carbocycles. The molecule has 0 bridgehead atoms. The monoisotopic (exact) mass is 338 g/mol. The smallest absolute Gasteiger partial charge is 0.302 e. The summed E-state index contributed by atoms with van der Waals surface area (Å²) in [6.45, 7) is 22.6. The molecule has 2 nitrogen and oxygen atoms in total. The fourth-order valence-electron chi connectivity index (χ4n) is 3.90. The molecule has 0 radical (unpaired) electrons. The molecule has 0 fully saturated rings. The molecule has 1 unspecified atom stereocenters. The second-order valence-electron chi connectivity index (χ2n) is 10.6. The Kier molecular flexibility index (Phi) is 8.26. The van der Waals surface area contributed by atoms with Crippen LogP contribution in [0.5, 0.6) is 0 Å². The van der Waals surface area contributed by atoms with E-state index in [0.717, 1.165) is 19.3 Å². The lowest BCUT2D eigenvalue weighted by Gasteiger charge is -2.36. The Bertz CT molecular complexity index is 424. The molecule has 0 amide bonds. The van der Waals surface area contributed by atoms with E-state index in [9.17, 15) is 4.79 Å². The molecule has 142 valence electrons. The van der Waals surface area contributed by atoms with Gasteiger partial charge in [-0.25, -0.2) is 0 Å². The molecule has 0 saturated carbocycles. The van der Waals surface area contributed by atoms with Gasteiger partial charge in [-0.1, -0.05) is 74.5 Å². The van der Waals surface area contributed by atoms with Gasteiger partial charge in [-0.15, -0.1) is 0 Å². The SMILES string of the molecule is CCC(C)(COC(C)=O)CC(C)(C)CC=CC(C)(C)CC(C)(C)C. The highest BCUT2D eigenvalue weighted by molar-refractivity contribution is 5.65. The lowest BCUT2D eigenvalue weighted by Crippen LogP contribution is -2.30. The molecule has 0 saturated heterocycles. The molecule has 0 spiro atoms. The molecule has 2 heteroatoms. The van der Waals surface area contributed by atoms with Crippen molar-refractivity contribution in [2.45, 2.75) is 94.9 Å². The lowest BCUT2D eigenvalue weighted by molar-refractivity contribution is -0.145. The molecule has 0 aromatic rings. The van der Waals surface area contributed by atoms with Gasteiger partial charge in [0.2, 0.25) is 0 Å². The van der Waals surface area contributed by atoms with Crippen molar-refractivity contribution in [1.29, 1.82) is 0 Å². The van der Waals surface area contributed by atoms with Crippen LogP contribution in [0.4, 0.5) is 0 Å². The van der Waals surface area contributed by atoms with E-state index in [4.69, 9.17) is 4.74 Å². The highest BCUT2D eigenvalue weighted by Crippen LogP contribution is 2.40. The highest BCUT2D eigenvalue weighted by Gasteiger charge is 2.32. The van der Waals surface area contributed by atoms with Crippen LogP contribution < -0.4 is 0 Å². The van der Waals surface area contributed by atoms with Gasteiger partial charge in [0.15, 0.2) is 0 Å². The van der Waals surface area contributed by atoms with E-state index in [0.29, 0.717) is 12.0 Å². The van der Waals surface area contributed by atoms with Gasteiger partial charge in [-0.05, 0) is 41.9 Å². The molecule has 1 atom stereocenters. The van der Waals surface area contributed by atoms with Gasteiger partial charge in [-0.2, -0.15) is 0 Å². The summed E-state index contributed by atoms with van der Waals surface area (Å²) in [5, 5.41) is 0. The van der Waals surface area contributed by atoms with Gasteiger partial charge in [0.05, 0.1) is 6.61 Å². The van der Waals surface area contributed by atoms with Crippen LogP contribution in [0.15, 0.2) is 12.2 Å². The van der Waals surface area contributed by atoms with Crippen LogP contribution in [0.3, 0.4) is 0 Å². The van der Waals surface area contributed by atoms with Crippen LogP contribution in [0.1, 0.15) is 94.9 Å². The van der Waals surface area contributed by atoms with Gasteiger partial charge in [0.1, 0.15) is 0 Å². The molecule has 0 aliphatic rings. The van der Waals surface area contributed by atoms with Crippen molar-refractivity contribution in [2.24, 2.45) is 21.7 Å². The summed E-state index contributed by atoms with van der Waals surface area (Å²) in [5.74, 6) is -0.184. The number of hydrogen-bond donors (Lipinski definition) is 0. The number of rotatable bonds is 9. The maximum atomic E-state index is 11.1. The first-order valence-electron chi connectivity index (χ1n) is 9.41. The number of hydrogen-bond acceptors (Lipinski definition) is 2. The second-order valence-corrected chi connectivity index (χ2v) is 10.6. The summed E-state index contributed by atoms with van der Waals surface area (Å²) in [5.41, 5.74) is 0.803. The van der Waals surface area contributed by atoms with E-state index in [1.807, 2.05) is 0 Å². The first kappa shape index (κ1) is 23.2. The minimum atomic E-state index is -0.184. The van der Waals surface area contributed by atoms with E-state index in [1.54, 1.807) is 0 Å². The summed E-state index contributed by atoms with van der Waals surface area (Å²) in [6.07, 6.45) is 9.03. The highest BCUT2D eigenvalue weighted by atomic mass is 16.5. The average molecular weight is 339 g/mol. The quantitative estimate of drug-likeness (QED) is 0.342. The molecular weight excluding hydrogens is 296 g/mol. The van der Waals surface area contributed by atoms with E-state index in [1.165, 1.54) is 13.3 Å². The van der Waals surface area contributed by atoms with Crippen molar-refractivity contribution in [1.82, 2.24) is 0 Å². The Morgan fingerprint density at radius 1 is 0.958 bits per heavy atom. The third kappa shape index (κ3) is 10.9. The molecular formula is C22H42O2. The predicted octanol–water partition coefficient (Wildman–Crippen LogP) is 6.79. The first-order valence-corrected chi connectivity index (χ1v) is 9.41. The Balaban J connectivity index is 4.77. The normalized spacial score (nSPS) is 16.2. The Morgan fingerprint density at radius 2 is 1.50 bits per heavy atom. The number of carbonyl (C=O) groups is 1. The third-order valence-electron chi connectivity index (χ3n) is 4.61. The lowest BCUT2D eigenvalue weighted by atomic mass is 9.71. The van der Waals surface area contributed by atoms with Crippen LogP contribution in [0.2, 0.25) is 0 Å². The van der Waals surface area contributed by atoms with Crippen molar-refractivity contribution in [3.8, 4) is 0 Å². The topological polar surface area (TPSA) is 26.3 Å². The minimum Gasteiger partial charge on any atom is -0.465 e. The molecule has 24 heavy (non-hydrogen) atoms. The van der Waals surface area contributed by atoms with Gasteiger partial charge in [0.25, 0.3) is 0 Å². The fraction of sp³-hybridized carbons (Fsp3) is 0.864. The Hall–Kier alpha value is -0.790. The number of allylic oxidation sites excluding steroid dienone is 2. The third-order valence-corrected chi connectivity index (χ3v) is 4.61. The fourth-order valence-corrected chi connectivity index (χ4v) is 3.90. The Labute approximate surface area is 151 Å². The molecule has 0 rings (SSSR count). The zero-order valence-electron chi connectivity index (χ0n) is 18.0. The number of esters is 1. The predicted molar refractivity (Wildman–Crippen MR) is 105 cm³/mol. The van der Waals surface area contributed by atoms with E-state index < -0.39 is 0 Å². The largest absolute Gasteiger partial charge is 0.465 e. The van der Waals surface area contributed by atoms with Gasteiger partial charge in [-0.3, -0.25) is 4.79 Å². The number of ether oxygens (including phenoxy) is 1. The summed E-state index contributed by atoms with van der Waals surface area (Å²) in [4.78, 5) is 11.1. The van der Waals surface area contributed by atoms with Gasteiger partial charge < -0.3 is 4.74 Å². The summed E-state index contributed by atoms with van der Waals surface area (Å²) >= 11 is 0. The maximum absolute atomic E-state index is 11.1. The molecule has 0 N–H and O–H groups in total. The minimum absolute atomic E-state index is 0.0456. The molecule has 0 aliphatic carbocycles. The van der Waals surface area contributed by atoms with Crippen LogP contribution >= 0.6 is 0 Å². The van der Waals surface area contributed by atoms with Crippen LogP contribution in [-0.4, -0.2) is 12.6 Å². The zero-order chi connectivity index (χ0) is 19.2. The van der Waals surface area contributed by atoms with Crippen molar-refractivity contribution < 1.29 is 9.53 Å². The van der Waals surface area contributed by atoms with Gasteiger partial charge in [0, 0.05) is 12.3 Å². The average Bonchev–Trinajstić information content (AvgIpc) is 2.32. The van der Waals surface area contributed by atoms with Crippen molar-refractivity contribution >= 4 is 5.97 Å². The summed E-state index contributed by atoms with van der Waals surface area (Å²) in [7, 11) is 0. The summed E-state index contributed by atoms with van der Waals surface area (Å²) in [6, 6.07) is 0. The zero-order valence-corrected chi connectivity index (χ0v) is 18.0. The van der Waals surface area contributed by atoms with Crippen LogP contribution in [-0.2, 0) is 9.53 Å². The number of carbonyl (C=O) groups excluding carboxylic acids is 1. The maximum Gasteiger partial charge on any atom is 0.302 e. The van der Waals surface area contributed by atoms with Gasteiger partial charge >= 0.3 is 5.97 Å². The molecule has 0 aromatic heterocycles. The Morgan fingerprint density at radius 3 is 1.92 bits per heavy atom. The van der Waals surface area contributed by atoms with E-state index in [2.05, 4.69) is 74.5 Å². The molecule has 0 heterocycles. The van der Waals surface area contributed by atoms with E-state index >= 15 is 0 Å². The van der Waals surface area contributed by atoms with Crippen molar-refractivity contribution in [3.05, 3.63) is 12.2 Å². The second kappa shape index (κ2) is 8.54. The summed E-state index contributed by atoms with van der Waals surface area (Å²) < 4.78 is 5.30. The molecule has 0 aliphatic heterocycles. The van der Waals surface area contributed by atoms with Crippen LogP contribution in [0.25, 0.3) is 0 Å². The van der Waals surface area contributed by atoms with Crippen molar-refractivity contribution in [2.75, 3.05) is 6.61 Å². The van der Waals surface area contributed by atoms with E-state index in [-0.39, 0.29) is 22.2 Å². The standard InChI is InChI=1S/C22H42O2/c1-11-22(10,17-24-18(2)23)16-21(8,9)14-12-13-20(6,7)15-19(3,4)5/h12-13H,11,14-17H2,1-10H3. The first-order chi connectivity index (χ1) is 10.6. The van der Waals surface area contributed by atoms with Crippen molar-refractivity contribution in [3.63, 3.8) is 0 Å².